The quantitative estimate of drug-likeness (QED) is 0.196. The first-order valence-corrected chi connectivity index (χ1v) is 14.0. The molecule has 2 bridgehead atoms. The molecule has 5 unspecified atom stereocenters. The zero-order valence-corrected chi connectivity index (χ0v) is 22.7. The van der Waals surface area contributed by atoms with Crippen LogP contribution in [-0.4, -0.2) is 18.0 Å². The number of hydrogen-bond acceptors (Lipinski definition) is 4. The number of carbonyl (C=O) groups excluding carboxylic acids is 2. The summed E-state index contributed by atoms with van der Waals surface area (Å²) in [6, 6.07) is 23.5. The maximum atomic E-state index is 13.4. The van der Waals surface area contributed by atoms with Crippen LogP contribution < -0.4 is 0 Å². The Morgan fingerprint density at radius 2 is 1.39 bits per heavy atom. The van der Waals surface area contributed by atoms with E-state index in [1.807, 2.05) is 27.7 Å². The first kappa shape index (κ1) is 24.9. The lowest BCUT2D eigenvalue weighted by Gasteiger charge is -2.31. The molecule has 0 saturated heterocycles. The number of fused-ring (bicyclic) bond motifs is 8. The number of benzene rings is 4. The minimum absolute atomic E-state index is 0.0536. The van der Waals surface area contributed by atoms with Crippen molar-refractivity contribution in [3.05, 3.63) is 72.3 Å². The van der Waals surface area contributed by atoms with Crippen molar-refractivity contribution >= 4 is 44.3 Å². The molecule has 2 aliphatic carbocycles. The van der Waals surface area contributed by atoms with Crippen molar-refractivity contribution in [1.82, 2.24) is 0 Å². The van der Waals surface area contributed by atoms with Crippen LogP contribution in [0.5, 0.6) is 0 Å². The molecular formula is C34H36O4. The highest BCUT2D eigenvalue weighted by molar-refractivity contribution is 6.25. The molecule has 0 aliphatic heterocycles. The minimum Gasteiger partial charge on any atom is -0.462 e. The molecule has 2 saturated carbocycles. The smallest absolute Gasteiger partial charge is 0.310 e. The third-order valence-electron chi connectivity index (χ3n) is 9.17. The van der Waals surface area contributed by atoms with Crippen molar-refractivity contribution in [2.75, 3.05) is 0 Å². The van der Waals surface area contributed by atoms with Gasteiger partial charge in [0.15, 0.2) is 0 Å². The molecule has 2 aliphatic rings. The summed E-state index contributed by atoms with van der Waals surface area (Å²) in [5.74, 6) is 0.0503. The van der Waals surface area contributed by atoms with Crippen LogP contribution in [0.1, 0.15) is 58.9 Å². The van der Waals surface area contributed by atoms with Crippen LogP contribution in [0.15, 0.2) is 66.7 Å². The summed E-state index contributed by atoms with van der Waals surface area (Å²) in [6.45, 7) is 7.88. The summed E-state index contributed by atoms with van der Waals surface area (Å²) < 4.78 is 12.0. The molecule has 6 rings (SSSR count). The molecule has 0 amide bonds. The van der Waals surface area contributed by atoms with E-state index in [1.165, 1.54) is 32.3 Å². The van der Waals surface area contributed by atoms with Crippen molar-refractivity contribution in [1.29, 1.82) is 0 Å². The Balaban J connectivity index is 1.24. The van der Waals surface area contributed by atoms with Crippen LogP contribution in [0.25, 0.3) is 32.3 Å². The molecule has 5 atom stereocenters. The van der Waals surface area contributed by atoms with Gasteiger partial charge in [0.2, 0.25) is 0 Å². The zero-order valence-electron chi connectivity index (χ0n) is 22.7. The molecule has 0 aromatic heterocycles. The standard InChI is InChI=1S/C34H36O4/c1-5-20(2)32(35)37-31-18-21-16-22(31)17-29(21)33(36)38-34(3,4)23-14-15-28-26-12-7-6-10-24(26)25-11-8-9-13-27(25)30(28)19-23/h6-15,19-22,29,31H,5,16-18H2,1-4H3. The lowest BCUT2D eigenvalue weighted by atomic mass is 9.86. The summed E-state index contributed by atoms with van der Waals surface area (Å²) in [5.41, 5.74) is 0.227. The Morgan fingerprint density at radius 3 is 1.95 bits per heavy atom. The number of carbonyl (C=O) groups is 2. The van der Waals surface area contributed by atoms with Crippen molar-refractivity contribution in [2.24, 2.45) is 23.7 Å². The summed E-state index contributed by atoms with van der Waals surface area (Å²) >= 11 is 0. The molecular weight excluding hydrogens is 472 g/mol. The topological polar surface area (TPSA) is 52.6 Å². The normalized spacial score (nSPS) is 23.7. The number of rotatable bonds is 6. The van der Waals surface area contributed by atoms with Gasteiger partial charge in [-0.1, -0.05) is 74.5 Å². The predicted octanol–water partition coefficient (Wildman–Crippen LogP) is 7.93. The summed E-state index contributed by atoms with van der Waals surface area (Å²) in [6.07, 6.45) is 3.18. The predicted molar refractivity (Wildman–Crippen MR) is 152 cm³/mol. The average Bonchev–Trinajstić information content (AvgIpc) is 3.53. The van der Waals surface area contributed by atoms with E-state index in [1.54, 1.807) is 0 Å². The van der Waals surface area contributed by atoms with E-state index in [0.717, 1.165) is 31.2 Å². The van der Waals surface area contributed by atoms with Crippen molar-refractivity contribution in [3.8, 4) is 0 Å². The molecule has 38 heavy (non-hydrogen) atoms. The maximum absolute atomic E-state index is 13.4. The largest absolute Gasteiger partial charge is 0.462 e. The lowest BCUT2D eigenvalue weighted by molar-refractivity contribution is -0.166. The van der Waals surface area contributed by atoms with Gasteiger partial charge < -0.3 is 9.47 Å². The highest BCUT2D eigenvalue weighted by atomic mass is 16.6. The van der Waals surface area contributed by atoms with Gasteiger partial charge in [-0.25, -0.2) is 0 Å². The van der Waals surface area contributed by atoms with Gasteiger partial charge in [0, 0.05) is 0 Å². The second-order valence-electron chi connectivity index (χ2n) is 11.9. The summed E-state index contributed by atoms with van der Waals surface area (Å²) in [7, 11) is 0. The van der Waals surface area contributed by atoms with Crippen LogP contribution in [0.2, 0.25) is 0 Å². The molecule has 0 radical (unpaired) electrons. The van der Waals surface area contributed by atoms with E-state index in [-0.39, 0.29) is 41.7 Å². The molecule has 0 spiro atoms. The molecule has 0 N–H and O–H groups in total. The Morgan fingerprint density at radius 1 is 0.816 bits per heavy atom. The molecule has 196 valence electrons. The molecule has 4 heteroatoms. The van der Waals surface area contributed by atoms with Gasteiger partial charge in [-0.2, -0.15) is 0 Å². The number of ether oxygens (including phenoxy) is 2. The van der Waals surface area contributed by atoms with Crippen LogP contribution in [-0.2, 0) is 24.7 Å². The Kier molecular flexibility index (Phi) is 6.17. The third kappa shape index (κ3) is 4.15. The van der Waals surface area contributed by atoms with Gasteiger partial charge in [0.1, 0.15) is 11.7 Å². The second-order valence-corrected chi connectivity index (χ2v) is 11.9. The van der Waals surface area contributed by atoms with Crippen LogP contribution in [0, 0.1) is 23.7 Å². The van der Waals surface area contributed by atoms with E-state index in [4.69, 9.17) is 9.47 Å². The number of esters is 2. The molecule has 2 fully saturated rings. The fraction of sp³-hybridized carbons (Fsp3) is 0.412. The van der Waals surface area contributed by atoms with E-state index in [9.17, 15) is 9.59 Å². The third-order valence-corrected chi connectivity index (χ3v) is 9.17. The van der Waals surface area contributed by atoms with Crippen molar-refractivity contribution in [3.63, 3.8) is 0 Å². The van der Waals surface area contributed by atoms with Gasteiger partial charge in [0.05, 0.1) is 11.8 Å². The van der Waals surface area contributed by atoms with Gasteiger partial charge in [-0.05, 0) is 95.3 Å². The first-order chi connectivity index (χ1) is 18.3. The highest BCUT2D eigenvalue weighted by Gasteiger charge is 2.51. The van der Waals surface area contributed by atoms with E-state index in [0.29, 0.717) is 0 Å². The first-order valence-electron chi connectivity index (χ1n) is 14.0. The van der Waals surface area contributed by atoms with Gasteiger partial charge in [0.25, 0.3) is 0 Å². The number of hydrogen-bond donors (Lipinski definition) is 0. The molecule has 4 nitrogen and oxygen atoms in total. The monoisotopic (exact) mass is 508 g/mol. The van der Waals surface area contributed by atoms with E-state index in [2.05, 4.69) is 66.7 Å². The summed E-state index contributed by atoms with van der Waals surface area (Å²) in [4.78, 5) is 25.7. The highest BCUT2D eigenvalue weighted by Crippen LogP contribution is 2.51. The Hall–Kier alpha value is -3.40. The van der Waals surface area contributed by atoms with Crippen LogP contribution in [0.3, 0.4) is 0 Å². The average molecular weight is 509 g/mol. The molecule has 4 aromatic rings. The SMILES string of the molecule is CCC(C)C(=O)OC1CC2CC1CC2C(=O)OC(C)(C)c1ccc2c3ccccc3c3ccccc3c2c1. The summed E-state index contributed by atoms with van der Waals surface area (Å²) in [5, 5.41) is 7.29. The lowest BCUT2D eigenvalue weighted by Crippen LogP contribution is -2.35. The zero-order chi connectivity index (χ0) is 26.6. The fourth-order valence-electron chi connectivity index (χ4n) is 6.76. The van der Waals surface area contributed by atoms with Gasteiger partial charge in [-0.3, -0.25) is 9.59 Å². The van der Waals surface area contributed by atoms with Crippen molar-refractivity contribution in [2.45, 2.75) is 65.1 Å². The molecule has 4 aromatic carbocycles. The second kappa shape index (κ2) is 9.41. The van der Waals surface area contributed by atoms with Gasteiger partial charge in [-0.15, -0.1) is 0 Å². The van der Waals surface area contributed by atoms with Gasteiger partial charge >= 0.3 is 11.9 Å². The Bertz CT molecular complexity index is 1520. The van der Waals surface area contributed by atoms with Crippen LogP contribution >= 0.6 is 0 Å². The molecule has 0 heterocycles. The van der Waals surface area contributed by atoms with Crippen molar-refractivity contribution < 1.29 is 19.1 Å². The minimum atomic E-state index is -0.762. The maximum Gasteiger partial charge on any atom is 0.310 e. The fourth-order valence-corrected chi connectivity index (χ4v) is 6.76. The Labute approximate surface area is 224 Å². The van der Waals surface area contributed by atoms with Crippen LogP contribution in [0.4, 0.5) is 0 Å². The van der Waals surface area contributed by atoms with E-state index >= 15 is 0 Å². The van der Waals surface area contributed by atoms with E-state index < -0.39 is 5.60 Å².